The van der Waals surface area contributed by atoms with E-state index in [0.717, 1.165) is 9.86 Å². The first-order valence-corrected chi connectivity index (χ1v) is 9.63. The average molecular weight is 423 g/mol. The molecule has 6 nitrogen and oxygen atoms in total. The Labute approximate surface area is 161 Å². The van der Waals surface area contributed by atoms with Gasteiger partial charge >= 0.3 is 6.09 Å². The van der Waals surface area contributed by atoms with Gasteiger partial charge in [0.25, 0.3) is 5.91 Å². The summed E-state index contributed by atoms with van der Waals surface area (Å²) in [5.74, 6) is 0.487. The van der Waals surface area contributed by atoms with Gasteiger partial charge in [0, 0.05) is 36.0 Å². The Morgan fingerprint density at radius 2 is 1.88 bits per heavy atom. The molecule has 0 unspecified atom stereocenters. The zero-order valence-corrected chi connectivity index (χ0v) is 16.6. The Bertz CT molecular complexity index is 802. The lowest BCUT2D eigenvalue weighted by Crippen LogP contribution is -2.37. The van der Waals surface area contributed by atoms with Crippen molar-refractivity contribution < 1.29 is 18.7 Å². The summed E-state index contributed by atoms with van der Waals surface area (Å²) in [6.07, 6.45) is 0.412. The standard InChI is InChI=1S/C19H23BrN2O4/c1-13(2)12-25-19(24)22-7-3-6-21(8-9-22)18(23)17-11-14-10-15(20)4-5-16(14)26-17/h4-5,10-11,13H,3,6-9,12H2,1-2H3. The van der Waals surface area contributed by atoms with Gasteiger partial charge in [-0.2, -0.15) is 0 Å². The molecule has 1 saturated heterocycles. The number of rotatable bonds is 3. The number of fused-ring (bicyclic) bond motifs is 1. The Hall–Kier alpha value is -2.02. The highest BCUT2D eigenvalue weighted by molar-refractivity contribution is 9.10. The van der Waals surface area contributed by atoms with Crippen LogP contribution in [0.3, 0.4) is 0 Å². The molecule has 0 N–H and O–H groups in total. The molecule has 0 saturated carbocycles. The number of amides is 2. The molecule has 1 fully saturated rings. The summed E-state index contributed by atoms with van der Waals surface area (Å²) < 4.78 is 11.9. The predicted octanol–water partition coefficient (Wildman–Crippen LogP) is 4.14. The Kier molecular flexibility index (Phi) is 5.86. The SMILES string of the molecule is CC(C)COC(=O)N1CCCN(C(=O)c2cc3cc(Br)ccc3o2)CC1. The topological polar surface area (TPSA) is 63.0 Å². The monoisotopic (exact) mass is 422 g/mol. The van der Waals surface area contributed by atoms with Crippen LogP contribution < -0.4 is 0 Å². The van der Waals surface area contributed by atoms with E-state index in [1.165, 1.54) is 0 Å². The number of hydrogen-bond donors (Lipinski definition) is 0. The van der Waals surface area contributed by atoms with Gasteiger partial charge < -0.3 is 19.0 Å². The first kappa shape index (κ1) is 18.8. The van der Waals surface area contributed by atoms with Crippen LogP contribution in [0.1, 0.15) is 30.8 Å². The van der Waals surface area contributed by atoms with Crippen LogP contribution in [0.4, 0.5) is 4.79 Å². The second kappa shape index (κ2) is 8.12. The predicted molar refractivity (Wildman–Crippen MR) is 102 cm³/mol. The maximum absolute atomic E-state index is 12.8. The van der Waals surface area contributed by atoms with Crippen LogP contribution in [-0.4, -0.2) is 54.6 Å². The summed E-state index contributed by atoms with van der Waals surface area (Å²) in [5.41, 5.74) is 0.685. The van der Waals surface area contributed by atoms with Gasteiger partial charge in [-0.05, 0) is 36.6 Å². The van der Waals surface area contributed by atoms with Gasteiger partial charge in [-0.3, -0.25) is 4.79 Å². The van der Waals surface area contributed by atoms with E-state index in [1.54, 1.807) is 15.9 Å². The second-order valence-corrected chi connectivity index (χ2v) is 7.81. The number of ether oxygens (including phenoxy) is 1. The number of nitrogens with zero attached hydrogens (tertiary/aromatic N) is 2. The molecule has 3 rings (SSSR count). The van der Waals surface area contributed by atoms with E-state index in [4.69, 9.17) is 9.15 Å². The molecule has 2 amide bonds. The molecule has 2 heterocycles. The van der Waals surface area contributed by atoms with Crippen LogP contribution in [0.2, 0.25) is 0 Å². The van der Waals surface area contributed by atoms with Crippen LogP contribution in [-0.2, 0) is 4.74 Å². The number of hydrogen-bond acceptors (Lipinski definition) is 4. The molecular weight excluding hydrogens is 400 g/mol. The number of carbonyl (C=O) groups is 2. The van der Waals surface area contributed by atoms with Gasteiger partial charge in [0.15, 0.2) is 5.76 Å². The molecule has 0 bridgehead atoms. The van der Waals surface area contributed by atoms with E-state index in [0.29, 0.717) is 56.5 Å². The summed E-state index contributed by atoms with van der Waals surface area (Å²) in [5, 5.41) is 0.886. The maximum Gasteiger partial charge on any atom is 0.409 e. The zero-order valence-electron chi connectivity index (χ0n) is 15.0. The van der Waals surface area contributed by atoms with Gasteiger partial charge in [0.1, 0.15) is 5.58 Å². The van der Waals surface area contributed by atoms with Crippen molar-refractivity contribution in [1.29, 1.82) is 0 Å². The van der Waals surface area contributed by atoms with E-state index in [9.17, 15) is 9.59 Å². The molecule has 7 heteroatoms. The van der Waals surface area contributed by atoms with Crippen molar-refractivity contribution >= 4 is 38.9 Å². The van der Waals surface area contributed by atoms with E-state index in [2.05, 4.69) is 15.9 Å². The maximum atomic E-state index is 12.8. The smallest absolute Gasteiger partial charge is 0.409 e. The number of furan rings is 1. The number of carbonyl (C=O) groups excluding carboxylic acids is 2. The number of benzene rings is 1. The minimum Gasteiger partial charge on any atom is -0.451 e. The van der Waals surface area contributed by atoms with E-state index >= 15 is 0 Å². The fourth-order valence-corrected chi connectivity index (χ4v) is 3.29. The Morgan fingerprint density at radius 1 is 1.15 bits per heavy atom. The van der Waals surface area contributed by atoms with Crippen molar-refractivity contribution in [2.45, 2.75) is 20.3 Å². The third-order valence-electron chi connectivity index (χ3n) is 4.27. The number of halogens is 1. The minimum absolute atomic E-state index is 0.144. The van der Waals surface area contributed by atoms with Gasteiger partial charge in [-0.25, -0.2) is 4.79 Å². The van der Waals surface area contributed by atoms with E-state index in [1.807, 2.05) is 32.0 Å². The fourth-order valence-electron chi connectivity index (χ4n) is 2.91. The molecular formula is C19H23BrN2O4. The summed E-state index contributed by atoms with van der Waals surface area (Å²) in [6.45, 7) is 6.53. The van der Waals surface area contributed by atoms with Crippen LogP contribution in [0.15, 0.2) is 33.2 Å². The van der Waals surface area contributed by atoms with E-state index < -0.39 is 0 Å². The summed E-state index contributed by atoms with van der Waals surface area (Å²) >= 11 is 3.42. The van der Waals surface area contributed by atoms with Gasteiger partial charge in [0.05, 0.1) is 6.61 Å². The molecule has 0 spiro atoms. The van der Waals surface area contributed by atoms with Crippen LogP contribution in [0, 0.1) is 5.92 Å². The van der Waals surface area contributed by atoms with Crippen molar-refractivity contribution in [1.82, 2.24) is 9.80 Å². The minimum atomic E-state index is -0.304. The molecule has 1 aromatic heterocycles. The van der Waals surface area contributed by atoms with Crippen molar-refractivity contribution in [2.75, 3.05) is 32.8 Å². The van der Waals surface area contributed by atoms with Crippen LogP contribution >= 0.6 is 15.9 Å². The van der Waals surface area contributed by atoms with E-state index in [-0.39, 0.29) is 12.0 Å². The lowest BCUT2D eigenvalue weighted by molar-refractivity contribution is 0.0719. The molecule has 0 atom stereocenters. The second-order valence-electron chi connectivity index (χ2n) is 6.90. The summed E-state index contributed by atoms with van der Waals surface area (Å²) in [4.78, 5) is 28.3. The van der Waals surface area contributed by atoms with Crippen molar-refractivity contribution in [3.63, 3.8) is 0 Å². The first-order valence-electron chi connectivity index (χ1n) is 8.84. The third kappa shape index (κ3) is 4.38. The Balaban J connectivity index is 1.64. The molecule has 1 aliphatic heterocycles. The van der Waals surface area contributed by atoms with Gasteiger partial charge in [-0.1, -0.05) is 29.8 Å². The lowest BCUT2D eigenvalue weighted by Gasteiger charge is -2.21. The highest BCUT2D eigenvalue weighted by Gasteiger charge is 2.25. The average Bonchev–Trinajstić information content (AvgIpc) is 2.86. The zero-order chi connectivity index (χ0) is 18.7. The van der Waals surface area contributed by atoms with Crippen LogP contribution in [0.5, 0.6) is 0 Å². The molecule has 2 aromatic rings. The molecule has 1 aliphatic rings. The largest absolute Gasteiger partial charge is 0.451 e. The highest BCUT2D eigenvalue weighted by Crippen LogP contribution is 2.24. The molecule has 0 radical (unpaired) electrons. The molecule has 1 aromatic carbocycles. The quantitative estimate of drug-likeness (QED) is 0.745. The van der Waals surface area contributed by atoms with Crippen molar-refractivity contribution in [3.05, 3.63) is 34.5 Å². The fraction of sp³-hybridized carbons (Fsp3) is 0.474. The summed E-state index contributed by atoms with van der Waals surface area (Å²) in [7, 11) is 0. The van der Waals surface area contributed by atoms with Crippen molar-refractivity contribution in [2.24, 2.45) is 5.92 Å². The first-order chi connectivity index (χ1) is 12.4. The summed E-state index contributed by atoms with van der Waals surface area (Å²) in [6, 6.07) is 7.41. The van der Waals surface area contributed by atoms with Gasteiger partial charge in [-0.15, -0.1) is 0 Å². The lowest BCUT2D eigenvalue weighted by atomic mass is 10.2. The van der Waals surface area contributed by atoms with Crippen molar-refractivity contribution in [3.8, 4) is 0 Å². The normalized spacial score (nSPS) is 15.4. The molecule has 0 aliphatic carbocycles. The Morgan fingerprint density at radius 3 is 2.65 bits per heavy atom. The third-order valence-corrected chi connectivity index (χ3v) is 4.76. The van der Waals surface area contributed by atoms with Gasteiger partial charge in [0.2, 0.25) is 0 Å². The highest BCUT2D eigenvalue weighted by atomic mass is 79.9. The molecule has 140 valence electrons. The molecule has 26 heavy (non-hydrogen) atoms. The van der Waals surface area contributed by atoms with Crippen LogP contribution in [0.25, 0.3) is 11.0 Å².